The van der Waals surface area contributed by atoms with Gasteiger partial charge in [-0.05, 0) is 28.8 Å². The van der Waals surface area contributed by atoms with E-state index < -0.39 is 5.97 Å². The highest BCUT2D eigenvalue weighted by atomic mass is 16.4. The maximum Gasteiger partial charge on any atom is 0.328 e. The average molecular weight is 254 g/mol. The minimum atomic E-state index is -0.974. The van der Waals surface area contributed by atoms with E-state index in [4.69, 9.17) is 10.8 Å². The lowest BCUT2D eigenvalue weighted by Crippen LogP contribution is -1.95. The van der Waals surface area contributed by atoms with Gasteiger partial charge in [-0.2, -0.15) is 0 Å². The number of nitrogens with two attached hydrogens (primary N) is 1. The first-order valence-corrected chi connectivity index (χ1v) is 5.84. The summed E-state index contributed by atoms with van der Waals surface area (Å²) >= 11 is 0. The van der Waals surface area contributed by atoms with E-state index in [2.05, 4.69) is 4.98 Å². The molecule has 0 aliphatic carbocycles. The van der Waals surface area contributed by atoms with Gasteiger partial charge in [0.05, 0.1) is 0 Å². The lowest BCUT2D eigenvalue weighted by molar-refractivity contribution is -0.131. The van der Waals surface area contributed by atoms with Gasteiger partial charge in [0.25, 0.3) is 0 Å². The number of carboxylic acid groups (broad SMARTS) is 1. The van der Waals surface area contributed by atoms with Crippen LogP contribution in [0.25, 0.3) is 17.2 Å². The molecule has 19 heavy (non-hydrogen) atoms. The summed E-state index contributed by atoms with van der Waals surface area (Å²) in [6, 6.07) is 9.78. The van der Waals surface area contributed by atoms with Gasteiger partial charge < -0.3 is 10.8 Å². The molecule has 0 amide bonds. The van der Waals surface area contributed by atoms with Crippen LogP contribution < -0.4 is 5.73 Å². The van der Waals surface area contributed by atoms with E-state index in [0.29, 0.717) is 6.54 Å². The molecule has 2 rings (SSSR count). The number of aliphatic carboxylic acids is 1. The lowest BCUT2D eigenvalue weighted by atomic mass is 10.0. The minimum absolute atomic E-state index is 0.514. The third kappa shape index (κ3) is 3.50. The van der Waals surface area contributed by atoms with Crippen LogP contribution in [0.1, 0.15) is 11.1 Å². The van der Waals surface area contributed by atoms with Crippen molar-refractivity contribution in [2.45, 2.75) is 6.54 Å². The number of nitrogens with zero attached hydrogens (tertiary/aromatic N) is 1. The van der Waals surface area contributed by atoms with Crippen molar-refractivity contribution in [3.63, 3.8) is 0 Å². The zero-order valence-electron chi connectivity index (χ0n) is 10.3. The molecule has 1 aromatic heterocycles. The summed E-state index contributed by atoms with van der Waals surface area (Å²) in [7, 11) is 0. The number of aromatic nitrogens is 1. The van der Waals surface area contributed by atoms with Gasteiger partial charge in [-0.15, -0.1) is 0 Å². The monoisotopic (exact) mass is 254 g/mol. The smallest absolute Gasteiger partial charge is 0.328 e. The maximum atomic E-state index is 10.5. The molecule has 3 N–H and O–H groups in total. The first kappa shape index (κ1) is 13.0. The predicted octanol–water partition coefficient (Wildman–Crippen LogP) is 2.31. The van der Waals surface area contributed by atoms with Gasteiger partial charge in [-0.25, -0.2) is 4.79 Å². The zero-order valence-corrected chi connectivity index (χ0v) is 10.3. The van der Waals surface area contributed by atoms with E-state index in [1.54, 1.807) is 12.4 Å². The summed E-state index contributed by atoms with van der Waals surface area (Å²) in [4.78, 5) is 14.6. The Balaban J connectivity index is 2.29. The molecule has 0 spiro atoms. The number of hydrogen-bond donors (Lipinski definition) is 2. The molecule has 4 nitrogen and oxygen atoms in total. The second-order valence-corrected chi connectivity index (χ2v) is 4.08. The number of pyridine rings is 1. The van der Waals surface area contributed by atoms with Crippen LogP contribution in [0.2, 0.25) is 0 Å². The Bertz CT molecular complexity index is 604. The highest BCUT2D eigenvalue weighted by molar-refractivity contribution is 5.85. The Kier molecular flexibility index (Phi) is 4.05. The van der Waals surface area contributed by atoms with Gasteiger partial charge in [-0.1, -0.05) is 24.3 Å². The zero-order chi connectivity index (χ0) is 13.7. The molecule has 0 saturated carbocycles. The summed E-state index contributed by atoms with van der Waals surface area (Å²) < 4.78 is 0. The van der Waals surface area contributed by atoms with Crippen LogP contribution in [-0.2, 0) is 11.3 Å². The Morgan fingerprint density at radius 2 is 1.95 bits per heavy atom. The van der Waals surface area contributed by atoms with Crippen LogP contribution >= 0.6 is 0 Å². The molecule has 96 valence electrons. The average Bonchev–Trinajstić information content (AvgIpc) is 2.45. The SMILES string of the molecule is NCc1ccc(-c2cncc(/C=C/C(=O)O)c2)cc1. The highest BCUT2D eigenvalue weighted by Crippen LogP contribution is 2.20. The van der Waals surface area contributed by atoms with Crippen molar-refractivity contribution in [2.24, 2.45) is 5.73 Å². The van der Waals surface area contributed by atoms with Crippen molar-refractivity contribution in [3.05, 3.63) is 59.9 Å². The Hall–Kier alpha value is -2.46. The molecule has 0 aliphatic rings. The minimum Gasteiger partial charge on any atom is -0.478 e. The molecule has 0 radical (unpaired) electrons. The summed E-state index contributed by atoms with van der Waals surface area (Å²) in [6.45, 7) is 0.514. The molecule has 0 atom stereocenters. The number of carboxylic acids is 1. The number of hydrogen-bond acceptors (Lipinski definition) is 3. The molecule has 0 fully saturated rings. The second kappa shape index (κ2) is 5.93. The molecular weight excluding hydrogens is 240 g/mol. The van der Waals surface area contributed by atoms with Crippen molar-refractivity contribution in [3.8, 4) is 11.1 Å². The maximum absolute atomic E-state index is 10.5. The first-order chi connectivity index (χ1) is 9.19. The van der Waals surface area contributed by atoms with E-state index >= 15 is 0 Å². The summed E-state index contributed by atoms with van der Waals surface area (Å²) in [6.07, 6.45) is 5.98. The van der Waals surface area contributed by atoms with Gasteiger partial charge in [0, 0.05) is 30.6 Å². The third-order valence-corrected chi connectivity index (χ3v) is 2.70. The molecule has 4 heteroatoms. The van der Waals surface area contributed by atoms with Gasteiger partial charge in [0.15, 0.2) is 0 Å². The van der Waals surface area contributed by atoms with E-state index in [-0.39, 0.29) is 0 Å². The topological polar surface area (TPSA) is 76.2 Å². The fourth-order valence-corrected chi connectivity index (χ4v) is 1.71. The third-order valence-electron chi connectivity index (χ3n) is 2.70. The van der Waals surface area contributed by atoms with Crippen LogP contribution in [0.15, 0.2) is 48.8 Å². The van der Waals surface area contributed by atoms with Crippen molar-refractivity contribution >= 4 is 12.0 Å². The number of benzene rings is 1. The Morgan fingerprint density at radius 1 is 1.21 bits per heavy atom. The molecule has 0 bridgehead atoms. The van der Waals surface area contributed by atoms with Crippen molar-refractivity contribution in [2.75, 3.05) is 0 Å². The fourth-order valence-electron chi connectivity index (χ4n) is 1.71. The molecule has 1 heterocycles. The van der Waals surface area contributed by atoms with E-state index in [1.165, 1.54) is 6.08 Å². The van der Waals surface area contributed by atoms with E-state index in [0.717, 1.165) is 28.3 Å². The van der Waals surface area contributed by atoms with Crippen molar-refractivity contribution in [1.29, 1.82) is 0 Å². The van der Waals surface area contributed by atoms with Gasteiger partial charge in [0.2, 0.25) is 0 Å². The Labute approximate surface area is 111 Å². The second-order valence-electron chi connectivity index (χ2n) is 4.08. The Morgan fingerprint density at radius 3 is 2.58 bits per heavy atom. The van der Waals surface area contributed by atoms with Crippen molar-refractivity contribution in [1.82, 2.24) is 4.98 Å². The molecule has 0 unspecified atom stereocenters. The quantitative estimate of drug-likeness (QED) is 0.821. The van der Waals surface area contributed by atoms with Crippen LogP contribution in [-0.4, -0.2) is 16.1 Å². The molecule has 0 saturated heterocycles. The summed E-state index contributed by atoms with van der Waals surface area (Å²) in [5.74, 6) is -0.974. The van der Waals surface area contributed by atoms with Crippen LogP contribution in [0.3, 0.4) is 0 Å². The highest BCUT2D eigenvalue weighted by Gasteiger charge is 1.99. The fraction of sp³-hybridized carbons (Fsp3) is 0.0667. The molecule has 0 aliphatic heterocycles. The summed E-state index contributed by atoms with van der Waals surface area (Å²) in [5, 5.41) is 8.60. The van der Waals surface area contributed by atoms with Gasteiger partial charge in [-0.3, -0.25) is 4.98 Å². The standard InChI is InChI=1S/C15H14N2O2/c16-8-11-1-4-13(5-2-11)14-7-12(9-17-10-14)3-6-15(18)19/h1-7,9-10H,8,16H2,(H,18,19)/b6-3+. The largest absolute Gasteiger partial charge is 0.478 e. The lowest BCUT2D eigenvalue weighted by Gasteiger charge is -2.03. The molecule has 2 aromatic rings. The first-order valence-electron chi connectivity index (χ1n) is 5.84. The van der Waals surface area contributed by atoms with Crippen LogP contribution in [0.5, 0.6) is 0 Å². The normalized spacial score (nSPS) is 10.8. The van der Waals surface area contributed by atoms with Gasteiger partial charge in [0.1, 0.15) is 0 Å². The number of rotatable bonds is 4. The molecular formula is C15H14N2O2. The van der Waals surface area contributed by atoms with Crippen molar-refractivity contribution < 1.29 is 9.90 Å². The van der Waals surface area contributed by atoms with E-state index in [9.17, 15) is 4.79 Å². The number of carbonyl (C=O) groups is 1. The van der Waals surface area contributed by atoms with Crippen LogP contribution in [0, 0.1) is 0 Å². The van der Waals surface area contributed by atoms with E-state index in [1.807, 2.05) is 30.3 Å². The predicted molar refractivity (Wildman–Crippen MR) is 74.2 cm³/mol. The summed E-state index contributed by atoms with van der Waals surface area (Å²) in [5.41, 5.74) is 9.34. The molecule has 1 aromatic carbocycles. The van der Waals surface area contributed by atoms with Gasteiger partial charge >= 0.3 is 5.97 Å². The van der Waals surface area contributed by atoms with Crippen LogP contribution in [0.4, 0.5) is 0 Å².